The number of aliphatic imine (C=N–C) groups is 1. The van der Waals surface area contributed by atoms with Crippen molar-refractivity contribution in [3.05, 3.63) is 47.8 Å². The van der Waals surface area contributed by atoms with E-state index in [9.17, 15) is 8.42 Å². The molecular weight excluding hydrogens is 412 g/mol. The van der Waals surface area contributed by atoms with Crippen molar-refractivity contribution in [2.24, 2.45) is 12.0 Å². The summed E-state index contributed by atoms with van der Waals surface area (Å²) in [5, 5.41) is 7.70. The zero-order valence-corrected chi connectivity index (χ0v) is 19.2. The summed E-state index contributed by atoms with van der Waals surface area (Å²) in [6, 6.07) is 7.26. The number of aryl methyl sites for hydroxylation is 1. The quantitative estimate of drug-likeness (QED) is 0.565. The molecule has 2 saturated heterocycles. The highest BCUT2D eigenvalue weighted by Gasteiger charge is 2.28. The summed E-state index contributed by atoms with van der Waals surface area (Å²) in [5.41, 5.74) is 2.19. The van der Waals surface area contributed by atoms with E-state index in [0.717, 1.165) is 50.3 Å². The van der Waals surface area contributed by atoms with Crippen LogP contribution in [0, 0.1) is 0 Å². The molecule has 4 rings (SSSR count). The highest BCUT2D eigenvalue weighted by atomic mass is 32.2. The van der Waals surface area contributed by atoms with Crippen LogP contribution in [0.4, 0.5) is 0 Å². The molecular formula is C22H32N6O2S. The van der Waals surface area contributed by atoms with E-state index in [1.807, 2.05) is 30.1 Å². The molecule has 2 fully saturated rings. The van der Waals surface area contributed by atoms with Crippen LogP contribution >= 0.6 is 0 Å². The van der Waals surface area contributed by atoms with E-state index in [1.165, 1.54) is 5.56 Å². The summed E-state index contributed by atoms with van der Waals surface area (Å²) in [6.07, 6.45) is 8.07. The minimum absolute atomic E-state index is 0.376. The molecule has 1 aromatic heterocycles. The first-order chi connectivity index (χ1) is 15.0. The summed E-state index contributed by atoms with van der Waals surface area (Å²) < 4.78 is 29.4. The number of aromatic nitrogens is 2. The molecule has 0 aliphatic carbocycles. The lowest BCUT2D eigenvalue weighted by molar-refractivity contribution is 0.346. The number of hydrogen-bond acceptors (Lipinski definition) is 4. The summed E-state index contributed by atoms with van der Waals surface area (Å²) >= 11 is 0. The van der Waals surface area contributed by atoms with Crippen LogP contribution in [0.2, 0.25) is 0 Å². The van der Waals surface area contributed by atoms with Gasteiger partial charge < -0.3 is 10.2 Å². The molecule has 8 nitrogen and oxygen atoms in total. The predicted octanol–water partition coefficient (Wildman–Crippen LogP) is 2.16. The molecule has 1 N–H and O–H groups in total. The van der Waals surface area contributed by atoms with Gasteiger partial charge in [-0.2, -0.15) is 9.40 Å². The highest BCUT2D eigenvalue weighted by Crippen LogP contribution is 2.27. The molecule has 0 spiro atoms. The first-order valence-electron chi connectivity index (χ1n) is 11.0. The standard InChI is InChI=1S/C22H32N6O2S/c1-23-22(27-12-9-19(17-27)20-15-25-26(2)16-20)24-14-18-7-6-8-21(13-18)31(29,30)28-10-4-3-5-11-28/h6-8,13,15-16,19H,3-5,9-12,14,17H2,1-2H3,(H,23,24). The van der Waals surface area contributed by atoms with Gasteiger partial charge in [-0.1, -0.05) is 18.6 Å². The van der Waals surface area contributed by atoms with E-state index in [4.69, 9.17) is 0 Å². The third kappa shape index (κ3) is 4.93. The summed E-state index contributed by atoms with van der Waals surface area (Å²) in [4.78, 5) is 7.08. The van der Waals surface area contributed by atoms with Gasteiger partial charge in [-0.15, -0.1) is 0 Å². The number of sulfonamides is 1. The predicted molar refractivity (Wildman–Crippen MR) is 121 cm³/mol. The van der Waals surface area contributed by atoms with Gasteiger partial charge in [-0.05, 0) is 42.5 Å². The third-order valence-electron chi connectivity index (χ3n) is 6.20. The largest absolute Gasteiger partial charge is 0.352 e. The Hall–Kier alpha value is -2.39. The van der Waals surface area contributed by atoms with E-state index in [0.29, 0.717) is 30.4 Å². The van der Waals surface area contributed by atoms with E-state index < -0.39 is 10.0 Å². The molecule has 2 aliphatic heterocycles. The van der Waals surface area contributed by atoms with Crippen molar-refractivity contribution in [3.8, 4) is 0 Å². The van der Waals surface area contributed by atoms with Crippen molar-refractivity contribution in [1.29, 1.82) is 0 Å². The number of hydrogen-bond donors (Lipinski definition) is 1. The smallest absolute Gasteiger partial charge is 0.243 e. The summed E-state index contributed by atoms with van der Waals surface area (Å²) in [7, 11) is 0.306. The number of piperidine rings is 1. The summed E-state index contributed by atoms with van der Waals surface area (Å²) in [5.74, 6) is 1.29. The number of benzene rings is 1. The van der Waals surface area contributed by atoms with E-state index >= 15 is 0 Å². The Morgan fingerprint density at radius 2 is 2.03 bits per heavy atom. The molecule has 0 bridgehead atoms. The van der Waals surface area contributed by atoms with Crippen molar-refractivity contribution in [1.82, 2.24) is 24.3 Å². The molecule has 1 unspecified atom stereocenters. The van der Waals surface area contributed by atoms with E-state index in [-0.39, 0.29) is 0 Å². The van der Waals surface area contributed by atoms with Crippen LogP contribution in [0.5, 0.6) is 0 Å². The lowest BCUT2D eigenvalue weighted by atomic mass is 10.0. The molecule has 0 radical (unpaired) electrons. The SMILES string of the molecule is CN=C(NCc1cccc(S(=O)(=O)N2CCCCC2)c1)N1CCC(c2cnn(C)c2)C1. The van der Waals surface area contributed by atoms with Crippen LogP contribution in [-0.4, -0.2) is 66.6 Å². The van der Waals surface area contributed by atoms with Gasteiger partial charge in [0, 0.05) is 58.9 Å². The topological polar surface area (TPSA) is 82.8 Å². The van der Waals surface area contributed by atoms with Gasteiger partial charge in [-0.3, -0.25) is 9.67 Å². The van der Waals surface area contributed by atoms with Crippen LogP contribution in [-0.2, 0) is 23.6 Å². The second-order valence-electron chi connectivity index (χ2n) is 8.39. The van der Waals surface area contributed by atoms with Crippen LogP contribution in [0.1, 0.15) is 42.7 Å². The second-order valence-corrected chi connectivity index (χ2v) is 10.3. The van der Waals surface area contributed by atoms with Crippen molar-refractivity contribution in [2.45, 2.75) is 43.0 Å². The van der Waals surface area contributed by atoms with Crippen molar-refractivity contribution in [3.63, 3.8) is 0 Å². The molecule has 3 heterocycles. The Morgan fingerprint density at radius 3 is 2.74 bits per heavy atom. The average molecular weight is 445 g/mol. The lowest BCUT2D eigenvalue weighted by Gasteiger charge is -2.26. The molecule has 2 aliphatic rings. The average Bonchev–Trinajstić information content (AvgIpc) is 3.44. The normalized spacial score (nSPS) is 20.9. The van der Waals surface area contributed by atoms with Gasteiger partial charge >= 0.3 is 0 Å². The van der Waals surface area contributed by atoms with Crippen LogP contribution in [0.15, 0.2) is 46.5 Å². The zero-order chi connectivity index (χ0) is 21.8. The molecule has 168 valence electrons. The molecule has 1 atom stereocenters. The van der Waals surface area contributed by atoms with Gasteiger partial charge in [0.15, 0.2) is 5.96 Å². The van der Waals surface area contributed by atoms with Crippen molar-refractivity contribution in [2.75, 3.05) is 33.2 Å². The number of guanidine groups is 1. The van der Waals surface area contributed by atoms with Gasteiger partial charge in [0.1, 0.15) is 0 Å². The van der Waals surface area contributed by atoms with Crippen LogP contribution < -0.4 is 5.32 Å². The van der Waals surface area contributed by atoms with Crippen molar-refractivity contribution >= 4 is 16.0 Å². The maximum absolute atomic E-state index is 13.0. The Bertz CT molecular complexity index is 1030. The molecule has 0 amide bonds. The Kier molecular flexibility index (Phi) is 6.62. The number of rotatable bonds is 5. The number of nitrogens with one attached hydrogen (secondary N) is 1. The highest BCUT2D eigenvalue weighted by molar-refractivity contribution is 7.89. The zero-order valence-electron chi connectivity index (χ0n) is 18.4. The number of likely N-dealkylation sites (tertiary alicyclic amines) is 1. The van der Waals surface area contributed by atoms with Gasteiger partial charge in [-0.25, -0.2) is 8.42 Å². The van der Waals surface area contributed by atoms with E-state index in [1.54, 1.807) is 23.5 Å². The van der Waals surface area contributed by atoms with Gasteiger partial charge in [0.05, 0.1) is 11.1 Å². The third-order valence-corrected chi connectivity index (χ3v) is 8.09. The molecule has 1 aromatic carbocycles. The van der Waals surface area contributed by atoms with Crippen LogP contribution in [0.3, 0.4) is 0 Å². The fraction of sp³-hybridized carbons (Fsp3) is 0.545. The number of nitrogens with zero attached hydrogens (tertiary/aromatic N) is 5. The van der Waals surface area contributed by atoms with E-state index in [2.05, 4.69) is 26.5 Å². The maximum atomic E-state index is 13.0. The fourth-order valence-electron chi connectivity index (χ4n) is 4.46. The van der Waals surface area contributed by atoms with Gasteiger partial charge in [0.2, 0.25) is 10.0 Å². The Balaban J connectivity index is 1.39. The summed E-state index contributed by atoms with van der Waals surface area (Å²) in [6.45, 7) is 3.59. The lowest BCUT2D eigenvalue weighted by Crippen LogP contribution is -2.39. The second kappa shape index (κ2) is 9.40. The van der Waals surface area contributed by atoms with Gasteiger partial charge in [0.25, 0.3) is 0 Å². The fourth-order valence-corrected chi connectivity index (χ4v) is 6.05. The molecule has 2 aromatic rings. The Labute approximate surface area is 185 Å². The maximum Gasteiger partial charge on any atom is 0.243 e. The monoisotopic (exact) mass is 444 g/mol. The minimum Gasteiger partial charge on any atom is -0.352 e. The van der Waals surface area contributed by atoms with Crippen LogP contribution in [0.25, 0.3) is 0 Å². The Morgan fingerprint density at radius 1 is 1.23 bits per heavy atom. The first-order valence-corrected chi connectivity index (χ1v) is 12.4. The first kappa shape index (κ1) is 21.8. The van der Waals surface area contributed by atoms with Crippen molar-refractivity contribution < 1.29 is 8.42 Å². The molecule has 0 saturated carbocycles. The minimum atomic E-state index is -3.42. The molecule has 31 heavy (non-hydrogen) atoms. The molecule has 9 heteroatoms.